The summed E-state index contributed by atoms with van der Waals surface area (Å²) in [6.07, 6.45) is 2.72. The summed E-state index contributed by atoms with van der Waals surface area (Å²) in [6, 6.07) is 10.3. The number of hydrogen-bond donors (Lipinski definition) is 0. The molecule has 1 heterocycles. The minimum atomic E-state index is 0.178. The maximum Gasteiger partial charge on any atom is 0.222 e. The minimum Gasteiger partial charge on any atom is -0.375 e. The van der Waals surface area contributed by atoms with Crippen LogP contribution in [0.2, 0.25) is 0 Å². The van der Waals surface area contributed by atoms with Crippen LogP contribution in [0.15, 0.2) is 30.3 Å². The summed E-state index contributed by atoms with van der Waals surface area (Å²) in [5, 5.41) is 0. The first-order chi connectivity index (χ1) is 8.75. The molecule has 1 amide bonds. The Morgan fingerprint density at radius 1 is 1.39 bits per heavy atom. The molecular formula is C15H21NO2. The molecule has 0 radical (unpaired) electrons. The number of benzene rings is 1. The van der Waals surface area contributed by atoms with Crippen LogP contribution in [0.1, 0.15) is 25.3 Å². The predicted molar refractivity (Wildman–Crippen MR) is 71.4 cm³/mol. The Balaban J connectivity index is 1.71. The molecule has 3 heteroatoms. The standard InChI is InChI=1S/C15H21NO2/c1-13-12-16(10-11-18-13)15(17)9-5-8-14-6-3-2-4-7-14/h2-4,6-7,13H,5,8-12H2,1H3/t13-/m0/s1. The zero-order chi connectivity index (χ0) is 12.8. The first-order valence-electron chi connectivity index (χ1n) is 6.69. The molecular weight excluding hydrogens is 226 g/mol. The van der Waals surface area contributed by atoms with Crippen LogP contribution < -0.4 is 0 Å². The number of amides is 1. The van der Waals surface area contributed by atoms with Crippen molar-refractivity contribution < 1.29 is 9.53 Å². The highest BCUT2D eigenvalue weighted by molar-refractivity contribution is 5.76. The van der Waals surface area contributed by atoms with Gasteiger partial charge in [0.2, 0.25) is 5.91 Å². The highest BCUT2D eigenvalue weighted by Gasteiger charge is 2.20. The second kappa shape index (κ2) is 6.55. The fraction of sp³-hybridized carbons (Fsp3) is 0.533. The summed E-state index contributed by atoms with van der Waals surface area (Å²) in [5.74, 6) is 0.265. The Morgan fingerprint density at radius 3 is 2.89 bits per heavy atom. The van der Waals surface area contributed by atoms with Crippen molar-refractivity contribution in [3.05, 3.63) is 35.9 Å². The van der Waals surface area contributed by atoms with E-state index in [9.17, 15) is 4.79 Å². The summed E-state index contributed by atoms with van der Waals surface area (Å²) >= 11 is 0. The summed E-state index contributed by atoms with van der Waals surface area (Å²) in [5.41, 5.74) is 1.31. The molecule has 1 fully saturated rings. The van der Waals surface area contributed by atoms with E-state index >= 15 is 0 Å². The third-order valence-electron chi connectivity index (χ3n) is 3.29. The largest absolute Gasteiger partial charge is 0.375 e. The van der Waals surface area contributed by atoms with Crippen LogP contribution in [-0.4, -0.2) is 36.6 Å². The van der Waals surface area contributed by atoms with E-state index in [-0.39, 0.29) is 12.0 Å². The van der Waals surface area contributed by atoms with Crippen molar-refractivity contribution in [2.24, 2.45) is 0 Å². The van der Waals surface area contributed by atoms with Crippen molar-refractivity contribution in [3.8, 4) is 0 Å². The van der Waals surface area contributed by atoms with E-state index in [4.69, 9.17) is 4.74 Å². The average molecular weight is 247 g/mol. The van der Waals surface area contributed by atoms with Crippen LogP contribution >= 0.6 is 0 Å². The third-order valence-corrected chi connectivity index (χ3v) is 3.29. The molecule has 2 rings (SSSR count). The molecule has 0 spiro atoms. The summed E-state index contributed by atoms with van der Waals surface area (Å²) in [4.78, 5) is 13.9. The second-order valence-electron chi connectivity index (χ2n) is 4.86. The molecule has 1 atom stereocenters. The number of carbonyl (C=O) groups excluding carboxylic acids is 1. The lowest BCUT2D eigenvalue weighted by Crippen LogP contribution is -2.44. The van der Waals surface area contributed by atoms with Gasteiger partial charge in [0.1, 0.15) is 0 Å². The molecule has 0 bridgehead atoms. The van der Waals surface area contributed by atoms with Gasteiger partial charge in [-0.2, -0.15) is 0 Å². The molecule has 1 aliphatic rings. The molecule has 0 saturated carbocycles. The Morgan fingerprint density at radius 2 is 2.17 bits per heavy atom. The molecule has 1 saturated heterocycles. The Hall–Kier alpha value is -1.35. The number of aryl methyl sites for hydroxylation is 1. The van der Waals surface area contributed by atoms with Crippen LogP contribution in [-0.2, 0) is 16.0 Å². The number of ether oxygens (including phenoxy) is 1. The van der Waals surface area contributed by atoms with Crippen molar-refractivity contribution in [1.29, 1.82) is 0 Å². The molecule has 18 heavy (non-hydrogen) atoms. The van der Waals surface area contributed by atoms with Gasteiger partial charge in [-0.05, 0) is 25.3 Å². The smallest absolute Gasteiger partial charge is 0.222 e. The van der Waals surface area contributed by atoms with E-state index in [0.717, 1.165) is 25.9 Å². The second-order valence-corrected chi connectivity index (χ2v) is 4.86. The van der Waals surface area contributed by atoms with Crippen LogP contribution in [0.3, 0.4) is 0 Å². The molecule has 0 unspecified atom stereocenters. The number of carbonyl (C=O) groups is 1. The van der Waals surface area contributed by atoms with E-state index in [1.54, 1.807) is 0 Å². The zero-order valence-corrected chi connectivity index (χ0v) is 11.0. The number of morpholine rings is 1. The first kappa shape index (κ1) is 13.1. The Bertz CT molecular complexity index is 377. The maximum absolute atomic E-state index is 12.0. The maximum atomic E-state index is 12.0. The van der Waals surface area contributed by atoms with Crippen molar-refractivity contribution in [3.63, 3.8) is 0 Å². The van der Waals surface area contributed by atoms with Gasteiger partial charge in [0.25, 0.3) is 0 Å². The molecule has 3 nitrogen and oxygen atoms in total. The first-order valence-corrected chi connectivity index (χ1v) is 6.69. The topological polar surface area (TPSA) is 29.5 Å². The van der Waals surface area contributed by atoms with E-state index in [2.05, 4.69) is 12.1 Å². The number of nitrogens with zero attached hydrogens (tertiary/aromatic N) is 1. The molecule has 1 aromatic rings. The SMILES string of the molecule is C[C@H]1CN(C(=O)CCCc2ccccc2)CCO1. The van der Waals surface area contributed by atoms with Gasteiger partial charge >= 0.3 is 0 Å². The van der Waals surface area contributed by atoms with E-state index in [0.29, 0.717) is 13.0 Å². The van der Waals surface area contributed by atoms with E-state index in [1.807, 2.05) is 30.0 Å². The van der Waals surface area contributed by atoms with E-state index in [1.165, 1.54) is 5.56 Å². The highest BCUT2D eigenvalue weighted by Crippen LogP contribution is 2.09. The highest BCUT2D eigenvalue weighted by atomic mass is 16.5. The molecule has 0 aliphatic carbocycles. The van der Waals surface area contributed by atoms with Gasteiger partial charge < -0.3 is 9.64 Å². The summed E-state index contributed by atoms with van der Waals surface area (Å²) in [6.45, 7) is 4.17. The van der Waals surface area contributed by atoms with Crippen LogP contribution in [0.25, 0.3) is 0 Å². The van der Waals surface area contributed by atoms with Crippen LogP contribution in [0.5, 0.6) is 0 Å². The van der Waals surface area contributed by atoms with E-state index < -0.39 is 0 Å². The lowest BCUT2D eigenvalue weighted by atomic mass is 10.1. The van der Waals surface area contributed by atoms with Gasteiger partial charge in [-0.15, -0.1) is 0 Å². The third kappa shape index (κ3) is 3.84. The minimum absolute atomic E-state index is 0.178. The zero-order valence-electron chi connectivity index (χ0n) is 11.0. The fourth-order valence-corrected chi connectivity index (χ4v) is 2.29. The normalized spacial score (nSPS) is 19.8. The molecule has 1 aromatic carbocycles. The quantitative estimate of drug-likeness (QED) is 0.816. The number of rotatable bonds is 4. The monoisotopic (exact) mass is 247 g/mol. The Labute approximate surface area is 109 Å². The van der Waals surface area contributed by atoms with Crippen LogP contribution in [0.4, 0.5) is 0 Å². The van der Waals surface area contributed by atoms with Crippen molar-refractivity contribution in [2.75, 3.05) is 19.7 Å². The van der Waals surface area contributed by atoms with Crippen molar-refractivity contribution >= 4 is 5.91 Å². The molecule has 1 aliphatic heterocycles. The molecule has 0 aromatic heterocycles. The Kier molecular flexibility index (Phi) is 4.76. The van der Waals surface area contributed by atoms with Gasteiger partial charge in [0.15, 0.2) is 0 Å². The lowest BCUT2D eigenvalue weighted by Gasteiger charge is -2.31. The van der Waals surface area contributed by atoms with Gasteiger partial charge in [0.05, 0.1) is 12.7 Å². The fourth-order valence-electron chi connectivity index (χ4n) is 2.29. The summed E-state index contributed by atoms with van der Waals surface area (Å²) in [7, 11) is 0. The van der Waals surface area contributed by atoms with Gasteiger partial charge in [-0.1, -0.05) is 30.3 Å². The summed E-state index contributed by atoms with van der Waals surface area (Å²) < 4.78 is 5.44. The van der Waals surface area contributed by atoms with Gasteiger partial charge in [-0.25, -0.2) is 0 Å². The van der Waals surface area contributed by atoms with Crippen LogP contribution in [0, 0.1) is 0 Å². The van der Waals surface area contributed by atoms with Crippen molar-refractivity contribution in [2.45, 2.75) is 32.3 Å². The predicted octanol–water partition coefficient (Wildman–Crippen LogP) is 2.26. The van der Waals surface area contributed by atoms with Gasteiger partial charge in [-0.3, -0.25) is 4.79 Å². The lowest BCUT2D eigenvalue weighted by molar-refractivity contribution is -0.138. The van der Waals surface area contributed by atoms with Crippen molar-refractivity contribution in [1.82, 2.24) is 4.90 Å². The number of hydrogen-bond acceptors (Lipinski definition) is 2. The average Bonchev–Trinajstić information content (AvgIpc) is 2.40. The molecule has 0 N–H and O–H groups in total. The molecule has 98 valence electrons. The van der Waals surface area contributed by atoms with Gasteiger partial charge in [0, 0.05) is 19.5 Å².